The van der Waals surface area contributed by atoms with E-state index in [2.05, 4.69) is 27.1 Å². The average Bonchev–Trinajstić information content (AvgIpc) is 2.72. The van der Waals surface area contributed by atoms with Gasteiger partial charge in [-0.3, -0.25) is 9.78 Å². The van der Waals surface area contributed by atoms with E-state index in [9.17, 15) is 4.79 Å². The van der Waals surface area contributed by atoms with Crippen LogP contribution in [0.5, 0.6) is 5.75 Å². The lowest BCUT2D eigenvalue weighted by Gasteiger charge is -2.32. The summed E-state index contributed by atoms with van der Waals surface area (Å²) in [7, 11) is 1.65. The maximum absolute atomic E-state index is 12.7. The highest BCUT2D eigenvalue weighted by Crippen LogP contribution is 2.24. The van der Waals surface area contributed by atoms with Crippen molar-refractivity contribution in [2.75, 3.05) is 25.1 Å². The van der Waals surface area contributed by atoms with Crippen LogP contribution >= 0.6 is 0 Å². The van der Waals surface area contributed by atoms with Crippen molar-refractivity contribution in [2.24, 2.45) is 5.92 Å². The summed E-state index contributed by atoms with van der Waals surface area (Å²) in [6, 6.07) is 7.94. The second kappa shape index (κ2) is 8.65. The van der Waals surface area contributed by atoms with Crippen LogP contribution in [-0.2, 0) is 4.79 Å². The molecule has 1 aromatic carbocycles. The van der Waals surface area contributed by atoms with Gasteiger partial charge in [0.2, 0.25) is 5.91 Å². The molecule has 1 unspecified atom stereocenters. The van der Waals surface area contributed by atoms with E-state index in [1.807, 2.05) is 24.3 Å². The van der Waals surface area contributed by atoms with E-state index < -0.39 is 0 Å². The number of hydrogen-bond donors (Lipinski definition) is 1. The number of hydrogen-bond acceptors (Lipinski definition) is 5. The first-order valence-electron chi connectivity index (χ1n) is 9.16. The van der Waals surface area contributed by atoms with Crippen molar-refractivity contribution in [3.8, 4) is 5.75 Å². The van der Waals surface area contributed by atoms with Crippen molar-refractivity contribution in [1.29, 1.82) is 0 Å². The lowest BCUT2D eigenvalue weighted by atomic mass is 9.94. The number of carbonyl (C=O) groups is 1. The summed E-state index contributed by atoms with van der Waals surface area (Å²) < 4.78 is 5.20. The first kappa shape index (κ1) is 18.2. The second-order valence-electron chi connectivity index (χ2n) is 6.57. The zero-order chi connectivity index (χ0) is 18.4. The Kier molecular flexibility index (Phi) is 6.04. The van der Waals surface area contributed by atoms with Gasteiger partial charge in [-0.25, -0.2) is 4.98 Å². The number of nitrogens with one attached hydrogen (secondary N) is 1. The Morgan fingerprint density at radius 3 is 2.58 bits per heavy atom. The molecule has 1 N–H and O–H groups in total. The largest absolute Gasteiger partial charge is 0.497 e. The van der Waals surface area contributed by atoms with E-state index in [1.54, 1.807) is 25.7 Å². The number of nitrogens with zero attached hydrogens (tertiary/aromatic N) is 3. The lowest BCUT2D eigenvalue weighted by Crippen LogP contribution is -2.41. The number of aromatic nitrogens is 2. The summed E-state index contributed by atoms with van der Waals surface area (Å²) >= 11 is 0. The van der Waals surface area contributed by atoms with E-state index in [1.165, 1.54) is 0 Å². The van der Waals surface area contributed by atoms with Gasteiger partial charge < -0.3 is 15.0 Å². The summed E-state index contributed by atoms with van der Waals surface area (Å²) in [4.78, 5) is 23.4. The van der Waals surface area contributed by atoms with Crippen LogP contribution in [0.4, 0.5) is 5.82 Å². The van der Waals surface area contributed by atoms with Gasteiger partial charge in [-0.15, -0.1) is 0 Å². The molecule has 0 spiro atoms. The fourth-order valence-electron chi connectivity index (χ4n) is 3.37. The maximum atomic E-state index is 12.7. The number of anilines is 1. The average molecular weight is 354 g/mol. The quantitative estimate of drug-likeness (QED) is 0.864. The number of ether oxygens (including phenoxy) is 1. The number of carbonyl (C=O) groups excluding carboxylic acids is 1. The van der Waals surface area contributed by atoms with Crippen molar-refractivity contribution in [1.82, 2.24) is 15.3 Å². The van der Waals surface area contributed by atoms with Gasteiger partial charge in [0.15, 0.2) is 0 Å². The van der Waals surface area contributed by atoms with Crippen LogP contribution in [0.3, 0.4) is 0 Å². The summed E-state index contributed by atoms with van der Waals surface area (Å²) in [6.45, 7) is 3.75. The van der Waals surface area contributed by atoms with Gasteiger partial charge in [0, 0.05) is 31.4 Å². The van der Waals surface area contributed by atoms with Crippen molar-refractivity contribution < 1.29 is 9.53 Å². The fraction of sp³-hybridized carbons (Fsp3) is 0.450. The first-order chi connectivity index (χ1) is 12.7. The maximum Gasteiger partial charge on any atom is 0.223 e. The van der Waals surface area contributed by atoms with Crippen molar-refractivity contribution in [3.63, 3.8) is 0 Å². The van der Waals surface area contributed by atoms with Gasteiger partial charge >= 0.3 is 0 Å². The van der Waals surface area contributed by atoms with Gasteiger partial charge in [0.25, 0.3) is 0 Å². The molecule has 1 amide bonds. The van der Waals surface area contributed by atoms with Crippen LogP contribution < -0.4 is 15.0 Å². The standard InChI is InChI=1S/C20H26N4O2/c1-3-18(15-4-6-17(26-2)7-5-15)23-20(25)16-8-12-24(13-9-16)19-14-21-10-11-22-19/h4-7,10-11,14,16,18H,3,8-9,12-13H2,1-2H3,(H,23,25). The third kappa shape index (κ3) is 4.31. The SMILES string of the molecule is CCC(NC(=O)C1CCN(c2cnccn2)CC1)c1ccc(OC)cc1. The first-order valence-corrected chi connectivity index (χ1v) is 9.16. The van der Waals surface area contributed by atoms with E-state index in [0.717, 1.165) is 49.5 Å². The molecule has 6 nitrogen and oxygen atoms in total. The third-order valence-corrected chi connectivity index (χ3v) is 4.98. The molecule has 1 aliphatic heterocycles. The number of methoxy groups -OCH3 is 1. The van der Waals surface area contributed by atoms with Gasteiger partial charge in [0.05, 0.1) is 19.3 Å². The molecule has 0 radical (unpaired) electrons. The van der Waals surface area contributed by atoms with Crippen LogP contribution in [-0.4, -0.2) is 36.1 Å². The van der Waals surface area contributed by atoms with Gasteiger partial charge in [-0.2, -0.15) is 0 Å². The molecular weight excluding hydrogens is 328 g/mol. The normalized spacial score (nSPS) is 16.2. The Morgan fingerprint density at radius 1 is 1.27 bits per heavy atom. The topological polar surface area (TPSA) is 67.4 Å². The Morgan fingerprint density at radius 2 is 2.00 bits per heavy atom. The van der Waals surface area contributed by atoms with Crippen LogP contribution in [0, 0.1) is 5.92 Å². The smallest absolute Gasteiger partial charge is 0.223 e. The lowest BCUT2D eigenvalue weighted by molar-refractivity contribution is -0.126. The Hall–Kier alpha value is -2.63. The molecule has 0 bridgehead atoms. The molecule has 0 aliphatic carbocycles. The Labute approximate surface area is 154 Å². The van der Waals surface area contributed by atoms with Crippen LogP contribution in [0.15, 0.2) is 42.9 Å². The predicted octanol–water partition coefficient (Wildman–Crippen LogP) is 2.97. The molecule has 3 rings (SSSR count). The van der Waals surface area contributed by atoms with Gasteiger partial charge in [-0.1, -0.05) is 19.1 Å². The molecule has 1 aliphatic rings. The molecule has 0 saturated carbocycles. The van der Waals surface area contributed by atoms with Gasteiger partial charge in [0.1, 0.15) is 11.6 Å². The monoisotopic (exact) mass is 354 g/mol. The summed E-state index contributed by atoms with van der Waals surface area (Å²) in [5.41, 5.74) is 1.11. The van der Waals surface area contributed by atoms with E-state index >= 15 is 0 Å². The minimum absolute atomic E-state index is 0.0337. The van der Waals surface area contributed by atoms with Crippen molar-refractivity contribution in [2.45, 2.75) is 32.2 Å². The predicted molar refractivity (Wildman–Crippen MR) is 101 cm³/mol. The molecule has 1 aromatic heterocycles. The van der Waals surface area contributed by atoms with E-state index in [0.29, 0.717) is 0 Å². The zero-order valence-corrected chi connectivity index (χ0v) is 15.4. The number of rotatable bonds is 6. The van der Waals surface area contributed by atoms with Gasteiger partial charge in [-0.05, 0) is 37.0 Å². The van der Waals surface area contributed by atoms with Crippen LogP contribution in [0.2, 0.25) is 0 Å². The molecule has 26 heavy (non-hydrogen) atoms. The van der Waals surface area contributed by atoms with Crippen LogP contribution in [0.25, 0.3) is 0 Å². The minimum Gasteiger partial charge on any atom is -0.497 e. The molecule has 1 fully saturated rings. The fourth-order valence-corrected chi connectivity index (χ4v) is 3.37. The van der Waals surface area contributed by atoms with Crippen molar-refractivity contribution >= 4 is 11.7 Å². The summed E-state index contributed by atoms with van der Waals surface area (Å²) in [6.07, 6.45) is 7.68. The summed E-state index contributed by atoms with van der Waals surface area (Å²) in [5.74, 6) is 1.91. The molecule has 1 atom stereocenters. The van der Waals surface area contributed by atoms with E-state index in [-0.39, 0.29) is 17.9 Å². The number of amides is 1. The number of benzene rings is 1. The highest BCUT2D eigenvalue weighted by Gasteiger charge is 2.27. The highest BCUT2D eigenvalue weighted by molar-refractivity contribution is 5.79. The Bertz CT molecular complexity index is 698. The van der Waals surface area contributed by atoms with Crippen molar-refractivity contribution in [3.05, 3.63) is 48.4 Å². The molecule has 6 heteroatoms. The number of piperidine rings is 1. The highest BCUT2D eigenvalue weighted by atomic mass is 16.5. The summed E-state index contributed by atoms with van der Waals surface area (Å²) in [5, 5.41) is 3.22. The second-order valence-corrected chi connectivity index (χ2v) is 6.57. The zero-order valence-electron chi connectivity index (χ0n) is 15.4. The molecular formula is C20H26N4O2. The molecule has 1 saturated heterocycles. The molecule has 2 heterocycles. The van der Waals surface area contributed by atoms with E-state index in [4.69, 9.17) is 4.74 Å². The molecule has 2 aromatic rings. The molecule has 138 valence electrons. The minimum atomic E-state index is 0.0337. The Balaban J connectivity index is 1.55. The van der Waals surface area contributed by atoms with Crippen LogP contribution in [0.1, 0.15) is 37.8 Å². The third-order valence-electron chi connectivity index (χ3n) is 4.98.